The molecule has 0 bridgehead atoms. The number of nitrogens with one attached hydrogen (secondary N) is 1. The lowest BCUT2D eigenvalue weighted by Crippen LogP contribution is -2.32. The first kappa shape index (κ1) is 25.2. The van der Waals surface area contributed by atoms with Gasteiger partial charge in [0.15, 0.2) is 11.8 Å². The van der Waals surface area contributed by atoms with Crippen LogP contribution in [0.1, 0.15) is 5.56 Å². The van der Waals surface area contributed by atoms with Gasteiger partial charge in [-0.15, -0.1) is 0 Å². The second-order valence-electron chi connectivity index (χ2n) is 7.70. The zero-order valence-electron chi connectivity index (χ0n) is 19.5. The minimum atomic E-state index is -0.376. The van der Waals surface area contributed by atoms with Crippen LogP contribution < -0.4 is 10.1 Å². The standard InChI is InChI=1S/C27H24FN3O4S/c1-34-16-15-31-26(33)24(36-27(31)30-21-5-3-2-4-6-21)17-19-7-13-23(14-8-19)35-18-25(32)29-22-11-9-20(28)10-12-22/h2-14,17H,15-16,18H2,1H3,(H,29,32)/b24-17+,30-27?. The van der Waals surface area contributed by atoms with Gasteiger partial charge in [0.2, 0.25) is 0 Å². The molecule has 184 valence electrons. The number of hydrogen-bond donors (Lipinski definition) is 1. The lowest BCUT2D eigenvalue weighted by atomic mass is 10.2. The number of amidine groups is 1. The molecule has 1 saturated heterocycles. The fraction of sp³-hybridized carbons (Fsp3) is 0.148. The lowest BCUT2D eigenvalue weighted by Gasteiger charge is -2.14. The van der Waals surface area contributed by atoms with Crippen LogP contribution in [0.15, 0.2) is 88.8 Å². The zero-order chi connectivity index (χ0) is 25.3. The Labute approximate surface area is 212 Å². The van der Waals surface area contributed by atoms with E-state index in [0.717, 1.165) is 11.3 Å². The molecule has 0 spiro atoms. The molecule has 9 heteroatoms. The number of benzene rings is 3. The van der Waals surface area contributed by atoms with Gasteiger partial charge in [0.25, 0.3) is 11.8 Å². The van der Waals surface area contributed by atoms with Gasteiger partial charge in [-0.3, -0.25) is 14.5 Å². The van der Waals surface area contributed by atoms with Crippen molar-refractivity contribution in [2.75, 3.05) is 32.2 Å². The molecule has 0 aliphatic carbocycles. The Kier molecular flexibility index (Phi) is 8.48. The summed E-state index contributed by atoms with van der Waals surface area (Å²) in [5.74, 6) is -0.365. The summed E-state index contributed by atoms with van der Waals surface area (Å²) in [5, 5.41) is 3.24. The van der Waals surface area contributed by atoms with E-state index in [1.807, 2.05) is 30.3 Å². The van der Waals surface area contributed by atoms with E-state index in [4.69, 9.17) is 9.47 Å². The molecule has 1 N–H and O–H groups in total. The molecule has 2 amide bonds. The monoisotopic (exact) mass is 505 g/mol. The van der Waals surface area contributed by atoms with Crippen molar-refractivity contribution in [2.45, 2.75) is 0 Å². The summed E-state index contributed by atoms with van der Waals surface area (Å²) in [5.41, 5.74) is 2.06. The van der Waals surface area contributed by atoms with Crippen molar-refractivity contribution < 1.29 is 23.5 Å². The molecule has 1 aliphatic rings. The second-order valence-corrected chi connectivity index (χ2v) is 8.71. The predicted octanol–water partition coefficient (Wildman–Crippen LogP) is 5.09. The summed E-state index contributed by atoms with van der Waals surface area (Å²) in [6, 6.07) is 22.0. The number of rotatable bonds is 9. The summed E-state index contributed by atoms with van der Waals surface area (Å²) in [6.45, 7) is 0.603. The van der Waals surface area contributed by atoms with Gasteiger partial charge in [0, 0.05) is 12.8 Å². The minimum absolute atomic E-state index is 0.135. The fourth-order valence-electron chi connectivity index (χ4n) is 3.27. The number of carbonyl (C=O) groups excluding carboxylic acids is 2. The largest absolute Gasteiger partial charge is 0.484 e. The first-order valence-corrected chi connectivity index (χ1v) is 12.0. The minimum Gasteiger partial charge on any atom is -0.484 e. The van der Waals surface area contributed by atoms with Crippen molar-refractivity contribution in [2.24, 2.45) is 4.99 Å². The number of para-hydroxylation sites is 1. The van der Waals surface area contributed by atoms with Crippen LogP contribution in [0.25, 0.3) is 6.08 Å². The number of nitrogens with zero attached hydrogens (tertiary/aromatic N) is 2. The van der Waals surface area contributed by atoms with Gasteiger partial charge in [0.1, 0.15) is 11.6 Å². The topological polar surface area (TPSA) is 80.2 Å². The number of hydrogen-bond acceptors (Lipinski definition) is 6. The number of ether oxygens (including phenoxy) is 2. The Balaban J connectivity index is 1.40. The van der Waals surface area contributed by atoms with Gasteiger partial charge in [-0.1, -0.05) is 30.3 Å². The Hall–Kier alpha value is -3.95. The number of thioether (sulfide) groups is 1. The highest BCUT2D eigenvalue weighted by atomic mass is 32.2. The highest BCUT2D eigenvalue weighted by Crippen LogP contribution is 2.34. The maximum absolute atomic E-state index is 13.0. The smallest absolute Gasteiger partial charge is 0.266 e. The summed E-state index contributed by atoms with van der Waals surface area (Å²) in [7, 11) is 1.59. The van der Waals surface area contributed by atoms with Crippen molar-refractivity contribution in [3.8, 4) is 5.75 Å². The first-order chi connectivity index (χ1) is 17.5. The molecule has 0 saturated carbocycles. The van der Waals surface area contributed by atoms with Gasteiger partial charge in [-0.2, -0.15) is 0 Å². The number of halogens is 1. The molecule has 36 heavy (non-hydrogen) atoms. The van der Waals surface area contributed by atoms with E-state index >= 15 is 0 Å². The SMILES string of the molecule is COCCN1C(=O)/C(=C\c2ccc(OCC(=O)Nc3ccc(F)cc3)cc2)SC1=Nc1ccccc1. The predicted molar refractivity (Wildman–Crippen MR) is 140 cm³/mol. The average Bonchev–Trinajstić information content (AvgIpc) is 3.17. The molecule has 1 heterocycles. The molecule has 1 aliphatic heterocycles. The third kappa shape index (κ3) is 6.80. The van der Waals surface area contributed by atoms with Crippen molar-refractivity contribution in [1.82, 2.24) is 4.90 Å². The van der Waals surface area contributed by atoms with Crippen LogP contribution in [-0.2, 0) is 14.3 Å². The molecule has 0 radical (unpaired) electrons. The maximum Gasteiger partial charge on any atom is 0.266 e. The summed E-state index contributed by atoms with van der Waals surface area (Å²) in [4.78, 5) is 31.9. The van der Waals surface area contributed by atoms with E-state index in [0.29, 0.717) is 34.7 Å². The lowest BCUT2D eigenvalue weighted by molar-refractivity contribution is -0.122. The van der Waals surface area contributed by atoms with E-state index in [1.54, 1.807) is 42.4 Å². The number of amides is 2. The first-order valence-electron chi connectivity index (χ1n) is 11.1. The third-order valence-corrected chi connectivity index (χ3v) is 6.07. The Morgan fingerprint density at radius 2 is 1.78 bits per heavy atom. The fourth-order valence-corrected chi connectivity index (χ4v) is 4.30. The number of carbonyl (C=O) groups is 2. The molecule has 0 atom stereocenters. The van der Waals surface area contributed by atoms with Crippen molar-refractivity contribution in [3.63, 3.8) is 0 Å². The second kappa shape index (κ2) is 12.1. The molecule has 4 rings (SSSR count). The highest BCUT2D eigenvalue weighted by Gasteiger charge is 2.33. The highest BCUT2D eigenvalue weighted by molar-refractivity contribution is 8.18. The Bertz CT molecular complexity index is 1260. The average molecular weight is 506 g/mol. The van der Waals surface area contributed by atoms with E-state index in [1.165, 1.54) is 36.0 Å². The van der Waals surface area contributed by atoms with Crippen molar-refractivity contribution >= 4 is 46.2 Å². The number of anilines is 1. The van der Waals surface area contributed by atoms with E-state index in [-0.39, 0.29) is 24.2 Å². The van der Waals surface area contributed by atoms with Crippen LogP contribution in [0.4, 0.5) is 15.8 Å². The molecule has 0 unspecified atom stereocenters. The quantitative estimate of drug-likeness (QED) is 0.410. The third-order valence-electron chi connectivity index (χ3n) is 5.06. The van der Waals surface area contributed by atoms with Crippen LogP contribution in [-0.4, -0.2) is 48.8 Å². The van der Waals surface area contributed by atoms with Crippen LogP contribution in [0.3, 0.4) is 0 Å². The number of aliphatic imine (C=N–C) groups is 1. The van der Waals surface area contributed by atoms with E-state index in [9.17, 15) is 14.0 Å². The van der Waals surface area contributed by atoms with Gasteiger partial charge < -0.3 is 14.8 Å². The molecule has 3 aromatic carbocycles. The van der Waals surface area contributed by atoms with Gasteiger partial charge in [-0.05, 0) is 71.9 Å². The summed E-state index contributed by atoms with van der Waals surface area (Å²) in [6.07, 6.45) is 1.80. The van der Waals surface area contributed by atoms with Gasteiger partial charge in [0.05, 0.1) is 23.7 Å². The number of methoxy groups -OCH3 is 1. The van der Waals surface area contributed by atoms with Gasteiger partial charge in [-0.25, -0.2) is 9.38 Å². The van der Waals surface area contributed by atoms with E-state index in [2.05, 4.69) is 10.3 Å². The Morgan fingerprint density at radius 3 is 2.47 bits per heavy atom. The molecule has 3 aromatic rings. The molecular weight excluding hydrogens is 481 g/mol. The summed E-state index contributed by atoms with van der Waals surface area (Å²) >= 11 is 1.31. The van der Waals surface area contributed by atoms with Crippen LogP contribution in [0.5, 0.6) is 5.75 Å². The zero-order valence-corrected chi connectivity index (χ0v) is 20.3. The molecule has 0 aromatic heterocycles. The van der Waals surface area contributed by atoms with Crippen molar-refractivity contribution in [1.29, 1.82) is 0 Å². The van der Waals surface area contributed by atoms with Crippen molar-refractivity contribution in [3.05, 3.63) is 95.1 Å². The summed E-state index contributed by atoms with van der Waals surface area (Å²) < 4.78 is 23.7. The van der Waals surface area contributed by atoms with Gasteiger partial charge >= 0.3 is 0 Å². The maximum atomic E-state index is 13.0. The molecule has 7 nitrogen and oxygen atoms in total. The molecule has 1 fully saturated rings. The van der Waals surface area contributed by atoms with E-state index < -0.39 is 0 Å². The van der Waals surface area contributed by atoms with Crippen LogP contribution in [0, 0.1) is 5.82 Å². The Morgan fingerprint density at radius 1 is 1.06 bits per heavy atom. The molecular formula is C27H24FN3O4S. The van der Waals surface area contributed by atoms with Crippen LogP contribution in [0.2, 0.25) is 0 Å². The van der Waals surface area contributed by atoms with Crippen LogP contribution >= 0.6 is 11.8 Å². The normalized spacial score (nSPS) is 15.5.